The lowest BCUT2D eigenvalue weighted by Crippen LogP contribution is -1.95. The summed E-state index contributed by atoms with van der Waals surface area (Å²) in [6.07, 6.45) is 3.88. The molecule has 0 aliphatic carbocycles. The molecule has 66 valence electrons. The van der Waals surface area contributed by atoms with E-state index in [9.17, 15) is 15.2 Å². The smallest absolute Gasteiger partial charge is 0.269 e. The molecule has 0 fully saturated rings. The molecule has 13 heavy (non-hydrogen) atoms. The van der Waals surface area contributed by atoms with Crippen LogP contribution in [0.4, 0.5) is 5.69 Å². The summed E-state index contributed by atoms with van der Waals surface area (Å²) < 4.78 is 0. The maximum Gasteiger partial charge on any atom is 0.269 e. The third-order valence-corrected chi connectivity index (χ3v) is 1.55. The zero-order chi connectivity index (χ0) is 9.84. The van der Waals surface area contributed by atoms with Gasteiger partial charge in [0.25, 0.3) is 5.69 Å². The fraction of sp³-hybridized carbons (Fsp3) is 0.111. The van der Waals surface area contributed by atoms with Crippen LogP contribution >= 0.6 is 0 Å². The van der Waals surface area contributed by atoms with Crippen LogP contribution < -0.4 is 0 Å². The maximum absolute atomic E-state index is 10.3. The molecule has 1 unspecified atom stereocenters. The van der Waals surface area contributed by atoms with Crippen LogP contribution in [0.2, 0.25) is 0 Å². The van der Waals surface area contributed by atoms with Crippen molar-refractivity contribution in [1.29, 1.82) is 0 Å². The first kappa shape index (κ1) is 9.23. The Labute approximate surface area is 75.0 Å². The fourth-order valence-electron chi connectivity index (χ4n) is 0.905. The predicted octanol–water partition coefficient (Wildman–Crippen LogP) is 1.26. The summed E-state index contributed by atoms with van der Waals surface area (Å²) in [6, 6.07) is 5.61. The van der Waals surface area contributed by atoms with Crippen LogP contribution in [0.1, 0.15) is 11.7 Å². The number of non-ortho nitro benzene ring substituents is 1. The van der Waals surface area contributed by atoms with Gasteiger partial charge in [0.2, 0.25) is 0 Å². The van der Waals surface area contributed by atoms with E-state index in [1.165, 1.54) is 24.3 Å². The summed E-state index contributed by atoms with van der Waals surface area (Å²) in [5, 5.41) is 19.5. The Hall–Kier alpha value is -1.86. The van der Waals surface area contributed by atoms with Crippen LogP contribution in [-0.4, -0.2) is 10.0 Å². The minimum absolute atomic E-state index is 0.0770. The second-order valence-corrected chi connectivity index (χ2v) is 2.42. The Morgan fingerprint density at radius 2 is 2.31 bits per heavy atom. The van der Waals surface area contributed by atoms with Gasteiger partial charge in [0, 0.05) is 12.1 Å². The van der Waals surface area contributed by atoms with Gasteiger partial charge < -0.3 is 5.11 Å². The molecule has 0 bridgehead atoms. The van der Waals surface area contributed by atoms with Crippen molar-refractivity contribution in [3.05, 3.63) is 39.9 Å². The molecule has 0 spiro atoms. The molecule has 4 heteroatoms. The number of hydrogen-bond donors (Lipinski definition) is 1. The van der Waals surface area contributed by atoms with E-state index >= 15 is 0 Å². The van der Waals surface area contributed by atoms with Crippen molar-refractivity contribution in [2.75, 3.05) is 0 Å². The summed E-state index contributed by atoms with van der Waals surface area (Å²) in [5.74, 6) is 2.08. The van der Waals surface area contributed by atoms with Gasteiger partial charge in [-0.05, 0) is 5.56 Å². The average molecular weight is 177 g/mol. The Morgan fingerprint density at radius 3 is 2.85 bits per heavy atom. The van der Waals surface area contributed by atoms with Gasteiger partial charge in [-0.2, -0.15) is 0 Å². The molecular formula is C9H7NO3. The molecule has 0 amide bonds. The summed E-state index contributed by atoms with van der Waals surface area (Å²) in [6.45, 7) is 0. The fourth-order valence-corrected chi connectivity index (χ4v) is 0.905. The number of nitrogens with zero attached hydrogens (tertiary/aromatic N) is 1. The molecule has 0 aromatic heterocycles. The molecule has 1 rings (SSSR count). The van der Waals surface area contributed by atoms with Crippen LogP contribution in [0.3, 0.4) is 0 Å². The van der Waals surface area contributed by atoms with Gasteiger partial charge in [0.1, 0.15) is 6.10 Å². The molecule has 1 atom stereocenters. The van der Waals surface area contributed by atoms with Crippen molar-refractivity contribution in [3.8, 4) is 12.3 Å². The van der Waals surface area contributed by atoms with Crippen molar-refractivity contribution in [2.45, 2.75) is 6.10 Å². The Balaban J connectivity index is 3.07. The number of benzene rings is 1. The van der Waals surface area contributed by atoms with Crippen molar-refractivity contribution >= 4 is 5.69 Å². The van der Waals surface area contributed by atoms with Crippen LogP contribution in [0.25, 0.3) is 0 Å². The van der Waals surface area contributed by atoms with Crippen LogP contribution in [0.15, 0.2) is 24.3 Å². The van der Waals surface area contributed by atoms with Crippen LogP contribution in [0.5, 0.6) is 0 Å². The van der Waals surface area contributed by atoms with Gasteiger partial charge in [0.15, 0.2) is 0 Å². The Bertz CT molecular complexity index is 367. The van der Waals surface area contributed by atoms with E-state index in [0.29, 0.717) is 5.56 Å². The zero-order valence-corrected chi connectivity index (χ0v) is 6.68. The predicted molar refractivity (Wildman–Crippen MR) is 46.9 cm³/mol. The van der Waals surface area contributed by atoms with Gasteiger partial charge in [-0.25, -0.2) is 0 Å². The first-order valence-corrected chi connectivity index (χ1v) is 3.53. The lowest BCUT2D eigenvalue weighted by atomic mass is 10.1. The highest BCUT2D eigenvalue weighted by atomic mass is 16.6. The van der Waals surface area contributed by atoms with Gasteiger partial charge >= 0.3 is 0 Å². The third-order valence-electron chi connectivity index (χ3n) is 1.55. The largest absolute Gasteiger partial charge is 0.376 e. The molecule has 1 aromatic carbocycles. The van der Waals surface area contributed by atoms with Gasteiger partial charge in [0.05, 0.1) is 4.92 Å². The minimum atomic E-state index is -1.08. The quantitative estimate of drug-likeness (QED) is 0.420. The van der Waals surface area contributed by atoms with E-state index in [-0.39, 0.29) is 5.69 Å². The average Bonchev–Trinajstić information content (AvgIpc) is 2.17. The summed E-state index contributed by atoms with van der Waals surface area (Å²) in [5.41, 5.74) is 0.281. The maximum atomic E-state index is 10.3. The number of rotatable bonds is 2. The molecule has 0 saturated heterocycles. The highest BCUT2D eigenvalue weighted by Crippen LogP contribution is 2.18. The molecule has 0 radical (unpaired) electrons. The SMILES string of the molecule is C#CC(O)c1cccc([N+](=O)[O-])c1. The van der Waals surface area contributed by atoms with Crippen LogP contribution in [-0.2, 0) is 0 Å². The number of aliphatic hydroxyl groups excluding tert-OH is 1. The van der Waals surface area contributed by atoms with E-state index in [1.807, 2.05) is 0 Å². The second kappa shape index (κ2) is 3.70. The number of nitro benzene ring substituents is 1. The molecule has 0 aliphatic heterocycles. The summed E-state index contributed by atoms with van der Waals surface area (Å²) >= 11 is 0. The molecule has 1 aromatic rings. The van der Waals surface area contributed by atoms with Crippen molar-refractivity contribution in [1.82, 2.24) is 0 Å². The van der Waals surface area contributed by atoms with E-state index < -0.39 is 11.0 Å². The van der Waals surface area contributed by atoms with Crippen LogP contribution in [0, 0.1) is 22.5 Å². The number of aliphatic hydroxyl groups is 1. The number of terminal acetylenes is 1. The molecule has 0 aliphatic rings. The van der Waals surface area contributed by atoms with E-state index in [0.717, 1.165) is 0 Å². The highest BCUT2D eigenvalue weighted by Gasteiger charge is 2.09. The minimum Gasteiger partial charge on any atom is -0.376 e. The van der Waals surface area contributed by atoms with Gasteiger partial charge in [-0.15, -0.1) is 6.42 Å². The summed E-state index contributed by atoms with van der Waals surface area (Å²) in [4.78, 5) is 9.80. The van der Waals surface area contributed by atoms with Crippen molar-refractivity contribution < 1.29 is 10.0 Å². The van der Waals surface area contributed by atoms with Gasteiger partial charge in [-0.3, -0.25) is 10.1 Å². The van der Waals surface area contributed by atoms with E-state index in [4.69, 9.17) is 6.42 Å². The Kier molecular flexibility index (Phi) is 2.62. The van der Waals surface area contributed by atoms with Crippen molar-refractivity contribution in [3.63, 3.8) is 0 Å². The lowest BCUT2D eigenvalue weighted by molar-refractivity contribution is -0.385. The molecular weight excluding hydrogens is 170 g/mol. The number of hydrogen-bond acceptors (Lipinski definition) is 3. The van der Waals surface area contributed by atoms with E-state index in [1.54, 1.807) is 0 Å². The second-order valence-electron chi connectivity index (χ2n) is 2.42. The molecule has 4 nitrogen and oxygen atoms in total. The topological polar surface area (TPSA) is 63.4 Å². The van der Waals surface area contributed by atoms with Gasteiger partial charge in [-0.1, -0.05) is 18.1 Å². The molecule has 1 N–H and O–H groups in total. The first-order chi connectivity index (χ1) is 6.15. The molecule has 0 saturated carbocycles. The monoisotopic (exact) mass is 177 g/mol. The normalized spacial score (nSPS) is 11.7. The lowest BCUT2D eigenvalue weighted by Gasteiger charge is -2.01. The van der Waals surface area contributed by atoms with Crippen molar-refractivity contribution in [2.24, 2.45) is 0 Å². The standard InChI is InChI=1S/C9H7NO3/c1-2-9(11)7-4-3-5-8(6-7)10(12)13/h1,3-6,9,11H. The zero-order valence-electron chi connectivity index (χ0n) is 6.68. The van der Waals surface area contributed by atoms with E-state index in [2.05, 4.69) is 5.92 Å². The first-order valence-electron chi connectivity index (χ1n) is 3.53. The third kappa shape index (κ3) is 2.04. The Morgan fingerprint density at radius 1 is 1.62 bits per heavy atom. The highest BCUT2D eigenvalue weighted by molar-refractivity contribution is 5.37. The summed E-state index contributed by atoms with van der Waals surface area (Å²) in [7, 11) is 0. The number of nitro groups is 1. The molecule has 0 heterocycles.